The van der Waals surface area contributed by atoms with Crippen LogP contribution in [-0.4, -0.2) is 11.7 Å². The molecule has 0 aromatic heterocycles. The number of nitrogens with one attached hydrogen (secondary N) is 1. The van der Waals surface area contributed by atoms with Gasteiger partial charge >= 0.3 is 0 Å². The first-order chi connectivity index (χ1) is 9.56. The summed E-state index contributed by atoms with van der Waals surface area (Å²) in [6.45, 7) is 7.15. The molecule has 0 aliphatic heterocycles. The zero-order chi connectivity index (χ0) is 14.5. The maximum absolute atomic E-state index is 9.92. The predicted molar refractivity (Wildman–Crippen MR) is 84.1 cm³/mol. The molecule has 0 amide bonds. The van der Waals surface area contributed by atoms with E-state index in [9.17, 15) is 5.11 Å². The number of hydrogen-bond acceptors (Lipinski definition) is 2. The van der Waals surface area contributed by atoms with E-state index in [1.807, 2.05) is 19.1 Å². The molecular formula is C18H23NO. The first-order valence-corrected chi connectivity index (χ1v) is 7.14. The van der Waals surface area contributed by atoms with Crippen LogP contribution in [0.3, 0.4) is 0 Å². The third-order valence-corrected chi connectivity index (χ3v) is 3.60. The molecule has 106 valence electrons. The van der Waals surface area contributed by atoms with Crippen molar-refractivity contribution in [1.29, 1.82) is 0 Å². The van der Waals surface area contributed by atoms with Gasteiger partial charge in [-0.25, -0.2) is 0 Å². The van der Waals surface area contributed by atoms with Gasteiger partial charge in [0.2, 0.25) is 0 Å². The van der Waals surface area contributed by atoms with Gasteiger partial charge in [-0.1, -0.05) is 47.5 Å². The molecule has 20 heavy (non-hydrogen) atoms. The van der Waals surface area contributed by atoms with Gasteiger partial charge in [0.1, 0.15) is 5.75 Å². The standard InChI is InChI=1S/C18H23NO/c1-13-5-4-6-16(11-13)9-10-19-15(3)17-12-14(2)7-8-18(17)20/h4-8,11-12,15,19-20H,9-10H2,1-3H3. The van der Waals surface area contributed by atoms with Gasteiger partial charge in [0.25, 0.3) is 0 Å². The van der Waals surface area contributed by atoms with Crippen LogP contribution in [0.2, 0.25) is 0 Å². The van der Waals surface area contributed by atoms with Crippen LogP contribution in [0.25, 0.3) is 0 Å². The number of benzene rings is 2. The molecule has 1 unspecified atom stereocenters. The first-order valence-electron chi connectivity index (χ1n) is 7.14. The van der Waals surface area contributed by atoms with E-state index < -0.39 is 0 Å². The molecule has 2 aromatic carbocycles. The topological polar surface area (TPSA) is 32.3 Å². The Kier molecular flexibility index (Phi) is 4.80. The van der Waals surface area contributed by atoms with Crippen molar-refractivity contribution >= 4 is 0 Å². The zero-order valence-electron chi connectivity index (χ0n) is 12.5. The summed E-state index contributed by atoms with van der Waals surface area (Å²) in [4.78, 5) is 0. The van der Waals surface area contributed by atoms with E-state index in [0.717, 1.165) is 18.5 Å². The van der Waals surface area contributed by atoms with Crippen LogP contribution in [0.4, 0.5) is 0 Å². The van der Waals surface area contributed by atoms with E-state index in [1.54, 1.807) is 6.07 Å². The number of phenols is 1. The third-order valence-electron chi connectivity index (χ3n) is 3.60. The second-order valence-electron chi connectivity index (χ2n) is 5.48. The minimum Gasteiger partial charge on any atom is -0.508 e. The fourth-order valence-electron chi connectivity index (χ4n) is 2.43. The summed E-state index contributed by atoms with van der Waals surface area (Å²) in [5, 5.41) is 13.4. The van der Waals surface area contributed by atoms with Crippen molar-refractivity contribution in [2.24, 2.45) is 0 Å². The minimum atomic E-state index is 0.153. The van der Waals surface area contributed by atoms with Gasteiger partial charge < -0.3 is 10.4 Å². The molecule has 0 aliphatic rings. The SMILES string of the molecule is Cc1cccc(CCNC(C)c2cc(C)ccc2O)c1. The molecule has 2 N–H and O–H groups in total. The molecule has 2 rings (SSSR count). The molecule has 0 aliphatic carbocycles. The summed E-state index contributed by atoms with van der Waals surface area (Å²) in [5.41, 5.74) is 4.78. The highest BCUT2D eigenvalue weighted by Crippen LogP contribution is 2.24. The summed E-state index contributed by atoms with van der Waals surface area (Å²) >= 11 is 0. The van der Waals surface area contributed by atoms with Crippen molar-refractivity contribution < 1.29 is 5.11 Å². The lowest BCUT2D eigenvalue weighted by Gasteiger charge is -2.16. The van der Waals surface area contributed by atoms with Crippen LogP contribution in [-0.2, 0) is 6.42 Å². The maximum atomic E-state index is 9.92. The molecule has 0 saturated carbocycles. The van der Waals surface area contributed by atoms with Crippen molar-refractivity contribution in [3.8, 4) is 5.75 Å². The Bertz CT molecular complexity index is 577. The first kappa shape index (κ1) is 14.6. The van der Waals surface area contributed by atoms with Crippen LogP contribution < -0.4 is 5.32 Å². The molecular weight excluding hydrogens is 246 g/mol. The van der Waals surface area contributed by atoms with Crippen molar-refractivity contribution in [3.63, 3.8) is 0 Å². The fraction of sp³-hybridized carbons (Fsp3) is 0.333. The molecule has 2 nitrogen and oxygen atoms in total. The van der Waals surface area contributed by atoms with Crippen molar-refractivity contribution in [2.75, 3.05) is 6.54 Å². The molecule has 0 radical (unpaired) electrons. The monoisotopic (exact) mass is 269 g/mol. The fourth-order valence-corrected chi connectivity index (χ4v) is 2.43. The summed E-state index contributed by atoms with van der Waals surface area (Å²) in [7, 11) is 0. The predicted octanol–water partition coefficient (Wildman–Crippen LogP) is 3.90. The summed E-state index contributed by atoms with van der Waals surface area (Å²) in [5.74, 6) is 0.367. The van der Waals surface area contributed by atoms with Crippen LogP contribution in [0.1, 0.15) is 35.2 Å². The second-order valence-corrected chi connectivity index (χ2v) is 5.48. The highest BCUT2D eigenvalue weighted by molar-refractivity contribution is 5.37. The normalized spacial score (nSPS) is 12.3. The quantitative estimate of drug-likeness (QED) is 0.862. The van der Waals surface area contributed by atoms with Crippen molar-refractivity contribution in [3.05, 3.63) is 64.7 Å². The van der Waals surface area contributed by atoms with E-state index in [1.165, 1.54) is 16.7 Å². The molecule has 2 aromatic rings. The van der Waals surface area contributed by atoms with Gasteiger partial charge in [-0.15, -0.1) is 0 Å². The number of hydrogen-bond donors (Lipinski definition) is 2. The largest absolute Gasteiger partial charge is 0.508 e. The van der Waals surface area contributed by atoms with Gasteiger partial charge in [0.15, 0.2) is 0 Å². The number of aryl methyl sites for hydroxylation is 2. The van der Waals surface area contributed by atoms with E-state index in [4.69, 9.17) is 0 Å². The Morgan fingerprint density at radius 3 is 2.55 bits per heavy atom. The molecule has 2 heteroatoms. The molecule has 0 spiro atoms. The van der Waals surface area contributed by atoms with Crippen LogP contribution in [0.5, 0.6) is 5.75 Å². The smallest absolute Gasteiger partial charge is 0.120 e. The number of rotatable bonds is 5. The van der Waals surface area contributed by atoms with E-state index in [0.29, 0.717) is 5.75 Å². The van der Waals surface area contributed by atoms with Crippen molar-refractivity contribution in [1.82, 2.24) is 5.32 Å². The van der Waals surface area contributed by atoms with Gasteiger partial charge in [-0.05, 0) is 45.4 Å². The minimum absolute atomic E-state index is 0.153. The maximum Gasteiger partial charge on any atom is 0.120 e. The number of phenolic OH excluding ortho intramolecular Hbond substituents is 1. The molecule has 1 atom stereocenters. The average Bonchev–Trinajstić information content (AvgIpc) is 2.41. The highest BCUT2D eigenvalue weighted by Gasteiger charge is 2.09. The Morgan fingerprint density at radius 1 is 1.05 bits per heavy atom. The lowest BCUT2D eigenvalue weighted by atomic mass is 10.0. The number of aromatic hydroxyl groups is 1. The van der Waals surface area contributed by atoms with Crippen LogP contribution in [0, 0.1) is 13.8 Å². The van der Waals surface area contributed by atoms with Crippen LogP contribution in [0.15, 0.2) is 42.5 Å². The summed E-state index contributed by atoms with van der Waals surface area (Å²) in [6, 6.07) is 14.5. The van der Waals surface area contributed by atoms with Crippen LogP contribution >= 0.6 is 0 Å². The molecule has 0 heterocycles. The van der Waals surface area contributed by atoms with Gasteiger partial charge in [0.05, 0.1) is 0 Å². The van der Waals surface area contributed by atoms with E-state index in [2.05, 4.69) is 43.4 Å². The third kappa shape index (κ3) is 3.84. The molecule has 0 bridgehead atoms. The van der Waals surface area contributed by atoms with Gasteiger partial charge in [-0.3, -0.25) is 0 Å². The van der Waals surface area contributed by atoms with Gasteiger partial charge in [-0.2, -0.15) is 0 Å². The summed E-state index contributed by atoms with van der Waals surface area (Å²) < 4.78 is 0. The lowest BCUT2D eigenvalue weighted by molar-refractivity contribution is 0.453. The second kappa shape index (κ2) is 6.58. The summed E-state index contributed by atoms with van der Waals surface area (Å²) in [6.07, 6.45) is 0.999. The Morgan fingerprint density at radius 2 is 1.80 bits per heavy atom. The van der Waals surface area contributed by atoms with E-state index >= 15 is 0 Å². The van der Waals surface area contributed by atoms with Gasteiger partial charge in [0, 0.05) is 11.6 Å². The molecule has 0 saturated heterocycles. The Labute approximate surface area is 121 Å². The van der Waals surface area contributed by atoms with Crippen molar-refractivity contribution in [2.45, 2.75) is 33.2 Å². The Hall–Kier alpha value is -1.80. The van der Waals surface area contributed by atoms with E-state index in [-0.39, 0.29) is 6.04 Å². The molecule has 0 fully saturated rings. The zero-order valence-corrected chi connectivity index (χ0v) is 12.5. The lowest BCUT2D eigenvalue weighted by Crippen LogP contribution is -2.21. The Balaban J connectivity index is 1.92. The average molecular weight is 269 g/mol. The highest BCUT2D eigenvalue weighted by atomic mass is 16.3.